The summed E-state index contributed by atoms with van der Waals surface area (Å²) in [6.45, 7) is 1.68. The number of rotatable bonds is 8. The molecule has 0 spiro atoms. The number of H-pyrrole nitrogens is 1. The molecule has 50 heavy (non-hydrogen) atoms. The molecule has 2 fully saturated rings. The number of fused-ring (bicyclic) bond motifs is 2. The molecule has 7 rings (SSSR count). The van der Waals surface area contributed by atoms with Gasteiger partial charge in [-0.05, 0) is 78.6 Å². The highest BCUT2D eigenvalue weighted by molar-refractivity contribution is 7.80. The molecule has 3 heterocycles. The van der Waals surface area contributed by atoms with Crippen molar-refractivity contribution in [2.24, 2.45) is 11.8 Å². The highest BCUT2D eigenvalue weighted by atomic mass is 32.1. The number of benzene rings is 4. The number of ether oxygens (including phenoxy) is 2. The van der Waals surface area contributed by atoms with Crippen LogP contribution in [0.4, 0.5) is 5.69 Å². The first-order chi connectivity index (χ1) is 24.3. The van der Waals surface area contributed by atoms with E-state index in [0.29, 0.717) is 28.3 Å². The summed E-state index contributed by atoms with van der Waals surface area (Å²) < 4.78 is 11.3. The summed E-state index contributed by atoms with van der Waals surface area (Å²) >= 11 is 6.04. The van der Waals surface area contributed by atoms with Gasteiger partial charge in [0, 0.05) is 23.2 Å². The zero-order chi connectivity index (χ0) is 35.0. The minimum Gasteiger partial charge on any atom is -0.497 e. The van der Waals surface area contributed by atoms with E-state index >= 15 is 0 Å². The molecule has 0 radical (unpaired) electrons. The summed E-state index contributed by atoms with van der Waals surface area (Å²) in [6.07, 6.45) is -0.0860. The molecule has 10 nitrogen and oxygen atoms in total. The Balaban J connectivity index is 1.47. The van der Waals surface area contributed by atoms with Crippen LogP contribution in [0.2, 0.25) is 0 Å². The van der Waals surface area contributed by atoms with Crippen molar-refractivity contribution in [3.8, 4) is 5.75 Å². The number of anilines is 1. The molecule has 2 aliphatic rings. The Hall–Kier alpha value is -5.81. The Kier molecular flexibility index (Phi) is 8.67. The molecule has 4 aromatic carbocycles. The van der Waals surface area contributed by atoms with Crippen LogP contribution in [0.3, 0.4) is 0 Å². The number of nitrogens with zero attached hydrogens (tertiary/aromatic N) is 2. The van der Waals surface area contributed by atoms with E-state index in [1.54, 1.807) is 104 Å². The number of esters is 1. The van der Waals surface area contributed by atoms with Crippen molar-refractivity contribution >= 4 is 57.6 Å². The number of amides is 3. The Bertz CT molecular complexity index is 2070. The number of hydrogen-bond acceptors (Lipinski definition) is 7. The number of thiocarbonyl (C=S) groups is 1. The molecular weight excluding hydrogens is 653 g/mol. The van der Waals surface area contributed by atoms with E-state index in [1.165, 1.54) is 0 Å². The Morgan fingerprint density at radius 2 is 1.54 bits per heavy atom. The molecule has 2 N–H and O–H groups in total. The van der Waals surface area contributed by atoms with Gasteiger partial charge in [-0.3, -0.25) is 19.7 Å². The van der Waals surface area contributed by atoms with Crippen molar-refractivity contribution in [1.82, 2.24) is 15.2 Å². The number of carbonyl (C=O) groups excluding carboxylic acids is 4. The highest BCUT2D eigenvalue weighted by Gasteiger charge is 2.73. The quantitative estimate of drug-likeness (QED) is 0.123. The maximum absolute atomic E-state index is 14.9. The van der Waals surface area contributed by atoms with Gasteiger partial charge in [0.15, 0.2) is 10.7 Å². The van der Waals surface area contributed by atoms with Crippen molar-refractivity contribution in [3.05, 3.63) is 132 Å². The van der Waals surface area contributed by atoms with E-state index < -0.39 is 47.1 Å². The molecule has 2 aliphatic heterocycles. The fourth-order valence-electron chi connectivity index (χ4n) is 7.45. The molecule has 2 saturated heterocycles. The number of imide groups is 1. The Morgan fingerprint density at radius 1 is 0.880 bits per heavy atom. The molecule has 0 saturated carbocycles. The van der Waals surface area contributed by atoms with Crippen LogP contribution < -0.4 is 15.0 Å². The lowest BCUT2D eigenvalue weighted by molar-refractivity contribution is -0.158. The number of aromatic amines is 1. The first kappa shape index (κ1) is 32.7. The van der Waals surface area contributed by atoms with Crippen LogP contribution in [0.1, 0.15) is 34.6 Å². The van der Waals surface area contributed by atoms with E-state index in [2.05, 4.69) is 10.3 Å². The summed E-state index contributed by atoms with van der Waals surface area (Å²) in [4.78, 5) is 64.2. The van der Waals surface area contributed by atoms with E-state index in [1.807, 2.05) is 30.3 Å². The van der Waals surface area contributed by atoms with Gasteiger partial charge in [-0.2, -0.15) is 0 Å². The molecule has 4 atom stereocenters. The second-order valence-electron chi connectivity index (χ2n) is 12.3. The summed E-state index contributed by atoms with van der Waals surface area (Å²) in [5, 5.41) is 3.60. The molecule has 3 amide bonds. The lowest BCUT2D eigenvalue weighted by Gasteiger charge is -2.43. The van der Waals surface area contributed by atoms with Gasteiger partial charge in [-0.15, -0.1) is 0 Å². The number of methoxy groups -OCH3 is 1. The lowest BCUT2D eigenvalue weighted by atomic mass is 9.76. The third-order valence-corrected chi connectivity index (χ3v) is 9.83. The maximum Gasteiger partial charge on any atom is 0.333 e. The monoisotopic (exact) mass is 686 g/mol. The topological polar surface area (TPSA) is 121 Å². The van der Waals surface area contributed by atoms with Crippen LogP contribution in [0.5, 0.6) is 5.75 Å². The predicted octanol–water partition coefficient (Wildman–Crippen LogP) is 5.60. The van der Waals surface area contributed by atoms with Crippen LogP contribution in [0.15, 0.2) is 115 Å². The minimum absolute atomic E-state index is 0.000608. The summed E-state index contributed by atoms with van der Waals surface area (Å²) in [6, 6.07) is 32.8. The second-order valence-corrected chi connectivity index (χ2v) is 12.7. The van der Waals surface area contributed by atoms with Crippen LogP contribution in [0, 0.1) is 11.8 Å². The predicted molar refractivity (Wildman–Crippen MR) is 191 cm³/mol. The fraction of sp³-hybridized carbons (Fsp3) is 0.205. The van der Waals surface area contributed by atoms with Gasteiger partial charge in [-0.25, -0.2) is 9.69 Å². The van der Waals surface area contributed by atoms with Gasteiger partial charge < -0.3 is 19.4 Å². The molecule has 0 bridgehead atoms. The Morgan fingerprint density at radius 3 is 2.20 bits per heavy atom. The largest absolute Gasteiger partial charge is 0.497 e. The van der Waals surface area contributed by atoms with E-state index in [-0.39, 0.29) is 18.1 Å². The number of likely N-dealkylation sites (tertiary alicyclic amines) is 1. The van der Waals surface area contributed by atoms with Gasteiger partial charge in [0.2, 0.25) is 11.8 Å². The van der Waals surface area contributed by atoms with Gasteiger partial charge in [0.05, 0.1) is 37.3 Å². The average Bonchev–Trinajstić information content (AvgIpc) is 3.77. The minimum atomic E-state index is -1.87. The van der Waals surface area contributed by atoms with E-state index in [0.717, 1.165) is 15.8 Å². The number of hydrogen-bond donors (Lipinski definition) is 2. The van der Waals surface area contributed by atoms with Gasteiger partial charge in [-0.1, -0.05) is 66.7 Å². The van der Waals surface area contributed by atoms with Crippen molar-refractivity contribution in [3.63, 3.8) is 0 Å². The van der Waals surface area contributed by atoms with Gasteiger partial charge >= 0.3 is 5.97 Å². The van der Waals surface area contributed by atoms with Crippen molar-refractivity contribution < 1.29 is 28.7 Å². The summed E-state index contributed by atoms with van der Waals surface area (Å²) in [7, 11) is 1.55. The first-order valence-electron chi connectivity index (χ1n) is 16.3. The van der Waals surface area contributed by atoms with Gasteiger partial charge in [0.1, 0.15) is 5.75 Å². The van der Waals surface area contributed by atoms with Crippen molar-refractivity contribution in [1.29, 1.82) is 0 Å². The first-order valence-corrected chi connectivity index (χ1v) is 16.7. The molecule has 1 aromatic heterocycles. The molecule has 11 heteroatoms. The zero-order valence-electron chi connectivity index (χ0n) is 27.4. The third kappa shape index (κ3) is 5.39. The normalized spacial score (nSPS) is 21.3. The molecule has 5 aromatic rings. The SMILES string of the molecule is CCOC(=O)[C@]1(Cc2cc3ccccc3[nH]2)[C@@H]2C(=O)N(c3ccccc3)C(=O)[C@@H]2[C@H](c2ccc(OC)cc2)N1C(=S)NC(=O)c1ccccc1. The number of para-hydroxylation sites is 2. The van der Waals surface area contributed by atoms with E-state index in [9.17, 15) is 19.2 Å². The average molecular weight is 687 g/mol. The fourth-order valence-corrected chi connectivity index (χ4v) is 7.82. The number of aromatic nitrogens is 1. The molecule has 0 unspecified atom stereocenters. The Labute approximate surface area is 294 Å². The summed E-state index contributed by atoms with van der Waals surface area (Å²) in [5.74, 6) is -4.06. The third-order valence-electron chi connectivity index (χ3n) is 9.54. The summed E-state index contributed by atoms with van der Waals surface area (Å²) in [5.41, 5.74) is 0.901. The molecular formula is C39H34N4O6S. The molecule has 0 aliphatic carbocycles. The lowest BCUT2D eigenvalue weighted by Crippen LogP contribution is -2.63. The van der Waals surface area contributed by atoms with Crippen molar-refractivity contribution in [2.75, 3.05) is 18.6 Å². The highest BCUT2D eigenvalue weighted by Crippen LogP contribution is 2.57. The number of carbonyl (C=O) groups is 4. The zero-order valence-corrected chi connectivity index (χ0v) is 28.2. The van der Waals surface area contributed by atoms with Gasteiger partial charge in [0.25, 0.3) is 5.91 Å². The standard InChI is InChI=1S/C39H34N4O6S/c1-3-49-37(47)39(23-27-22-26-14-10-11-17-30(26)40-27)32-31(35(45)42(36(32)46)28-15-8-5-9-16-28)33(24-18-20-29(48-2)21-19-24)43(39)38(50)41-34(44)25-12-6-4-7-13-25/h4-22,31-33,40H,3,23H2,1-2H3,(H,41,44,50)/t31-,32-,33-,39-/m0/s1. The van der Waals surface area contributed by atoms with E-state index in [4.69, 9.17) is 21.7 Å². The van der Waals surface area contributed by atoms with Crippen LogP contribution in [-0.2, 0) is 25.5 Å². The van der Waals surface area contributed by atoms with Crippen molar-refractivity contribution in [2.45, 2.75) is 24.9 Å². The smallest absolute Gasteiger partial charge is 0.333 e. The van der Waals surface area contributed by atoms with Crippen LogP contribution in [-0.4, -0.2) is 57.9 Å². The van der Waals surface area contributed by atoms with Crippen LogP contribution in [0.25, 0.3) is 10.9 Å². The maximum atomic E-state index is 14.9. The number of nitrogens with one attached hydrogen (secondary N) is 2. The molecule has 252 valence electrons. The van der Waals surface area contributed by atoms with Crippen LogP contribution >= 0.6 is 12.2 Å². The second kappa shape index (κ2) is 13.2.